The fourth-order valence-electron chi connectivity index (χ4n) is 2.15. The van der Waals surface area contributed by atoms with Crippen LogP contribution in [0.3, 0.4) is 0 Å². The minimum atomic E-state index is -0.683. The van der Waals surface area contributed by atoms with Gasteiger partial charge in [0.05, 0.1) is 13.3 Å². The van der Waals surface area contributed by atoms with Gasteiger partial charge in [-0.15, -0.1) is 0 Å². The van der Waals surface area contributed by atoms with Crippen molar-refractivity contribution in [2.24, 2.45) is 0 Å². The number of aliphatic carboxylic acids is 1. The summed E-state index contributed by atoms with van der Waals surface area (Å²) in [5, 5.41) is 8.51. The van der Waals surface area contributed by atoms with E-state index in [4.69, 9.17) is 9.84 Å². The van der Waals surface area contributed by atoms with E-state index in [2.05, 4.69) is 4.98 Å². The molecule has 1 rings (SSSR count). The quantitative estimate of drug-likeness (QED) is 0.625. The van der Waals surface area contributed by atoms with Crippen molar-refractivity contribution in [1.29, 1.82) is 0 Å². The SMILES string of the molecule is COc1ccc(CCCCCCCCCC(=O)O)nc1. The van der Waals surface area contributed by atoms with Gasteiger partial charge in [-0.25, -0.2) is 0 Å². The van der Waals surface area contributed by atoms with Crippen LogP contribution < -0.4 is 4.74 Å². The van der Waals surface area contributed by atoms with Crippen LogP contribution in [0.15, 0.2) is 18.3 Å². The van der Waals surface area contributed by atoms with E-state index < -0.39 is 5.97 Å². The third kappa shape index (κ3) is 7.77. The van der Waals surface area contributed by atoms with Gasteiger partial charge in [0.25, 0.3) is 0 Å². The van der Waals surface area contributed by atoms with Crippen LogP contribution in [0, 0.1) is 0 Å². The number of carboxylic acids is 1. The first kappa shape index (κ1) is 16.5. The molecule has 0 aliphatic rings. The van der Waals surface area contributed by atoms with Crippen LogP contribution in [0.25, 0.3) is 0 Å². The molecule has 112 valence electrons. The first-order valence-corrected chi connectivity index (χ1v) is 7.43. The topological polar surface area (TPSA) is 59.4 Å². The van der Waals surface area contributed by atoms with Gasteiger partial charge in [-0.3, -0.25) is 9.78 Å². The molecule has 0 spiro atoms. The summed E-state index contributed by atoms with van der Waals surface area (Å²) >= 11 is 0. The predicted molar refractivity (Wildman–Crippen MR) is 79.1 cm³/mol. The second-order valence-electron chi connectivity index (χ2n) is 5.06. The van der Waals surface area contributed by atoms with E-state index in [1.165, 1.54) is 19.3 Å². The molecule has 1 aromatic rings. The number of ether oxygens (including phenoxy) is 1. The molecule has 0 fully saturated rings. The van der Waals surface area contributed by atoms with Crippen molar-refractivity contribution < 1.29 is 14.6 Å². The Hall–Kier alpha value is -1.58. The zero-order chi connectivity index (χ0) is 14.6. The number of methoxy groups -OCH3 is 1. The normalized spacial score (nSPS) is 10.4. The van der Waals surface area contributed by atoms with Crippen molar-refractivity contribution in [1.82, 2.24) is 4.98 Å². The lowest BCUT2D eigenvalue weighted by atomic mass is 10.1. The molecule has 4 nitrogen and oxygen atoms in total. The molecule has 0 unspecified atom stereocenters. The molecule has 0 radical (unpaired) electrons. The second kappa shape index (κ2) is 10.2. The molecular formula is C16H25NO3. The Balaban J connectivity index is 1.95. The lowest BCUT2D eigenvalue weighted by Gasteiger charge is -2.03. The maximum atomic E-state index is 10.3. The second-order valence-corrected chi connectivity index (χ2v) is 5.06. The van der Waals surface area contributed by atoms with E-state index >= 15 is 0 Å². The van der Waals surface area contributed by atoms with Gasteiger partial charge >= 0.3 is 5.97 Å². The van der Waals surface area contributed by atoms with E-state index in [9.17, 15) is 4.79 Å². The highest BCUT2D eigenvalue weighted by atomic mass is 16.5. The van der Waals surface area contributed by atoms with Crippen LogP contribution in [-0.4, -0.2) is 23.2 Å². The highest BCUT2D eigenvalue weighted by Gasteiger charge is 1.98. The van der Waals surface area contributed by atoms with Gasteiger partial charge in [0.2, 0.25) is 0 Å². The molecular weight excluding hydrogens is 254 g/mol. The van der Waals surface area contributed by atoms with E-state index in [0.717, 1.165) is 43.5 Å². The fraction of sp³-hybridized carbons (Fsp3) is 0.625. The van der Waals surface area contributed by atoms with Crippen molar-refractivity contribution in [2.45, 2.75) is 57.8 Å². The number of rotatable bonds is 11. The van der Waals surface area contributed by atoms with E-state index in [1.54, 1.807) is 13.3 Å². The summed E-state index contributed by atoms with van der Waals surface area (Å²) in [6, 6.07) is 3.97. The molecule has 0 saturated heterocycles. The summed E-state index contributed by atoms with van der Waals surface area (Å²) in [4.78, 5) is 14.7. The Morgan fingerprint density at radius 1 is 1.10 bits per heavy atom. The summed E-state index contributed by atoms with van der Waals surface area (Å²) < 4.78 is 5.07. The van der Waals surface area contributed by atoms with Crippen LogP contribution in [0.5, 0.6) is 5.75 Å². The molecule has 0 bridgehead atoms. The van der Waals surface area contributed by atoms with E-state index in [-0.39, 0.29) is 0 Å². The average Bonchev–Trinajstić information content (AvgIpc) is 2.46. The standard InChI is InChI=1S/C16H25NO3/c1-20-15-12-11-14(17-13-15)9-7-5-3-2-4-6-8-10-16(18)19/h11-13H,2-10H2,1H3,(H,18,19). The van der Waals surface area contributed by atoms with Crippen LogP contribution in [-0.2, 0) is 11.2 Å². The van der Waals surface area contributed by atoms with Gasteiger partial charge in [0.1, 0.15) is 5.75 Å². The molecule has 20 heavy (non-hydrogen) atoms. The van der Waals surface area contributed by atoms with Crippen molar-refractivity contribution in [3.8, 4) is 5.75 Å². The maximum Gasteiger partial charge on any atom is 0.303 e. The molecule has 0 atom stereocenters. The summed E-state index contributed by atoms with van der Waals surface area (Å²) in [6.07, 6.45) is 10.9. The predicted octanol–water partition coefficient (Wildman–Crippen LogP) is 3.84. The molecule has 0 amide bonds. The lowest BCUT2D eigenvalue weighted by Crippen LogP contribution is -1.93. The smallest absolute Gasteiger partial charge is 0.303 e. The molecule has 1 N–H and O–H groups in total. The minimum absolute atomic E-state index is 0.309. The molecule has 1 aromatic heterocycles. The molecule has 0 aliphatic carbocycles. The Kier molecular flexibility index (Phi) is 8.43. The van der Waals surface area contributed by atoms with Crippen molar-refractivity contribution in [2.75, 3.05) is 7.11 Å². The lowest BCUT2D eigenvalue weighted by molar-refractivity contribution is -0.137. The summed E-state index contributed by atoms with van der Waals surface area (Å²) in [5.41, 5.74) is 1.12. The van der Waals surface area contributed by atoms with Crippen LogP contribution in [0.1, 0.15) is 57.1 Å². The number of hydrogen-bond acceptors (Lipinski definition) is 3. The van der Waals surface area contributed by atoms with Gasteiger partial charge < -0.3 is 9.84 Å². The average molecular weight is 279 g/mol. The molecule has 4 heteroatoms. The zero-order valence-electron chi connectivity index (χ0n) is 12.3. The summed E-state index contributed by atoms with van der Waals surface area (Å²) in [7, 11) is 1.65. The molecule has 1 heterocycles. The third-order valence-electron chi connectivity index (χ3n) is 3.36. The van der Waals surface area contributed by atoms with E-state index in [1.807, 2.05) is 12.1 Å². The summed E-state index contributed by atoms with van der Waals surface area (Å²) in [6.45, 7) is 0. The Bertz CT molecular complexity index is 376. The number of carbonyl (C=O) groups is 1. The van der Waals surface area contributed by atoms with Crippen molar-refractivity contribution >= 4 is 5.97 Å². The third-order valence-corrected chi connectivity index (χ3v) is 3.36. The largest absolute Gasteiger partial charge is 0.495 e. The van der Waals surface area contributed by atoms with Crippen LogP contribution in [0.2, 0.25) is 0 Å². The number of aryl methyl sites for hydroxylation is 1. The molecule has 0 aliphatic heterocycles. The number of nitrogens with zero attached hydrogens (tertiary/aromatic N) is 1. The van der Waals surface area contributed by atoms with Crippen molar-refractivity contribution in [3.63, 3.8) is 0 Å². The first-order valence-electron chi connectivity index (χ1n) is 7.43. The monoisotopic (exact) mass is 279 g/mol. The van der Waals surface area contributed by atoms with Crippen molar-refractivity contribution in [3.05, 3.63) is 24.0 Å². The van der Waals surface area contributed by atoms with Gasteiger partial charge in [0, 0.05) is 12.1 Å². The zero-order valence-corrected chi connectivity index (χ0v) is 12.3. The molecule has 0 aromatic carbocycles. The van der Waals surface area contributed by atoms with E-state index in [0.29, 0.717) is 6.42 Å². The number of pyridine rings is 1. The number of unbranched alkanes of at least 4 members (excludes halogenated alkanes) is 6. The van der Waals surface area contributed by atoms with Gasteiger partial charge in [-0.05, 0) is 31.4 Å². The number of aromatic nitrogens is 1. The van der Waals surface area contributed by atoms with Gasteiger partial charge in [-0.2, -0.15) is 0 Å². The maximum absolute atomic E-state index is 10.3. The highest BCUT2D eigenvalue weighted by Crippen LogP contribution is 2.12. The Labute approximate surface area is 121 Å². The number of hydrogen-bond donors (Lipinski definition) is 1. The van der Waals surface area contributed by atoms with Crippen LogP contribution >= 0.6 is 0 Å². The highest BCUT2D eigenvalue weighted by molar-refractivity contribution is 5.66. The Morgan fingerprint density at radius 3 is 2.30 bits per heavy atom. The van der Waals surface area contributed by atoms with Crippen LogP contribution in [0.4, 0.5) is 0 Å². The fourth-order valence-corrected chi connectivity index (χ4v) is 2.15. The molecule has 0 saturated carbocycles. The Morgan fingerprint density at radius 2 is 1.75 bits per heavy atom. The number of carboxylic acid groups (broad SMARTS) is 1. The van der Waals surface area contributed by atoms with Gasteiger partial charge in [0.15, 0.2) is 0 Å². The van der Waals surface area contributed by atoms with Gasteiger partial charge in [-0.1, -0.05) is 32.1 Å². The first-order chi connectivity index (χ1) is 9.72. The minimum Gasteiger partial charge on any atom is -0.495 e. The summed E-state index contributed by atoms with van der Waals surface area (Å²) in [5.74, 6) is 0.118.